The molecule has 0 fully saturated rings. The number of rotatable bonds is 3. The fourth-order valence-electron chi connectivity index (χ4n) is 4.48. The first-order chi connectivity index (χ1) is 15.2. The smallest absolute Gasteiger partial charge is 0.265 e. The van der Waals surface area contributed by atoms with Crippen LogP contribution in [0.25, 0.3) is 32.2 Å². The standard InChI is InChI=1S/C26H20N2OS2/c1-2-28-21-9-5-3-7-18(21)20-14-17(11-12-22(20)28)27-26(29)24-13-16-15-30-23-10-6-4-8-19(23)25(16)31-24/h3-14H,2,15H2,1H3,(H,27,29). The van der Waals surface area contributed by atoms with Crippen LogP contribution in [0.5, 0.6) is 0 Å². The molecule has 6 rings (SSSR count). The van der Waals surface area contributed by atoms with Crippen molar-refractivity contribution in [2.75, 3.05) is 5.32 Å². The number of hydrogen-bond acceptors (Lipinski definition) is 3. The van der Waals surface area contributed by atoms with E-state index in [2.05, 4.69) is 83.5 Å². The first kappa shape index (κ1) is 18.7. The van der Waals surface area contributed by atoms with Crippen molar-refractivity contribution in [1.82, 2.24) is 4.57 Å². The summed E-state index contributed by atoms with van der Waals surface area (Å²) in [4.78, 5) is 16.4. The number of carbonyl (C=O) groups excluding carboxylic acids is 1. The molecule has 0 saturated heterocycles. The Morgan fingerprint density at radius 3 is 2.68 bits per heavy atom. The summed E-state index contributed by atoms with van der Waals surface area (Å²) in [6.07, 6.45) is 0. The Balaban J connectivity index is 1.36. The molecule has 2 aromatic heterocycles. The van der Waals surface area contributed by atoms with E-state index in [0.29, 0.717) is 0 Å². The molecule has 0 aliphatic carbocycles. The van der Waals surface area contributed by atoms with Crippen molar-refractivity contribution < 1.29 is 4.79 Å². The van der Waals surface area contributed by atoms with E-state index in [1.165, 1.54) is 42.7 Å². The maximum Gasteiger partial charge on any atom is 0.265 e. The van der Waals surface area contributed by atoms with E-state index in [1.54, 1.807) is 11.3 Å². The van der Waals surface area contributed by atoms with Crippen molar-refractivity contribution in [3.8, 4) is 10.4 Å². The first-order valence-corrected chi connectivity index (χ1v) is 12.2. The number of aryl methyl sites for hydroxylation is 1. The van der Waals surface area contributed by atoms with Gasteiger partial charge in [-0.05, 0) is 48.9 Å². The third kappa shape index (κ3) is 2.99. The van der Waals surface area contributed by atoms with E-state index in [1.807, 2.05) is 17.8 Å². The number of nitrogens with one attached hydrogen (secondary N) is 1. The average molecular weight is 441 g/mol. The molecule has 3 heterocycles. The normalized spacial score (nSPS) is 12.7. The van der Waals surface area contributed by atoms with Crippen molar-refractivity contribution in [3.05, 3.63) is 83.2 Å². The van der Waals surface area contributed by atoms with Gasteiger partial charge in [0, 0.05) is 55.1 Å². The molecule has 0 unspecified atom stereocenters. The van der Waals surface area contributed by atoms with Gasteiger partial charge in [-0.15, -0.1) is 23.1 Å². The Labute approximate surface area is 188 Å². The third-order valence-electron chi connectivity index (χ3n) is 5.89. The highest BCUT2D eigenvalue weighted by atomic mass is 32.2. The van der Waals surface area contributed by atoms with Crippen molar-refractivity contribution in [2.24, 2.45) is 0 Å². The number of carbonyl (C=O) groups is 1. The summed E-state index contributed by atoms with van der Waals surface area (Å²) in [6, 6.07) is 25.2. The highest BCUT2D eigenvalue weighted by molar-refractivity contribution is 7.98. The highest BCUT2D eigenvalue weighted by Crippen LogP contribution is 2.45. The van der Waals surface area contributed by atoms with Crippen LogP contribution in [0.2, 0.25) is 0 Å². The molecule has 0 bridgehead atoms. The van der Waals surface area contributed by atoms with Gasteiger partial charge in [-0.2, -0.15) is 0 Å². The largest absolute Gasteiger partial charge is 0.341 e. The molecule has 1 amide bonds. The molecule has 5 aromatic rings. The van der Waals surface area contributed by atoms with Gasteiger partial charge >= 0.3 is 0 Å². The van der Waals surface area contributed by atoms with Gasteiger partial charge in [0.05, 0.1) is 4.88 Å². The first-order valence-electron chi connectivity index (χ1n) is 10.4. The predicted molar refractivity (Wildman–Crippen MR) is 132 cm³/mol. The monoisotopic (exact) mass is 440 g/mol. The van der Waals surface area contributed by atoms with Gasteiger partial charge in [0.1, 0.15) is 0 Å². The van der Waals surface area contributed by atoms with E-state index >= 15 is 0 Å². The minimum absolute atomic E-state index is 0.0412. The van der Waals surface area contributed by atoms with E-state index in [0.717, 1.165) is 22.9 Å². The molecule has 1 aliphatic heterocycles. The molecular weight excluding hydrogens is 420 g/mol. The van der Waals surface area contributed by atoms with Gasteiger partial charge in [0.15, 0.2) is 0 Å². The van der Waals surface area contributed by atoms with Gasteiger partial charge < -0.3 is 9.88 Å². The zero-order chi connectivity index (χ0) is 20.9. The van der Waals surface area contributed by atoms with Crippen molar-refractivity contribution in [3.63, 3.8) is 0 Å². The second kappa shape index (κ2) is 7.29. The minimum Gasteiger partial charge on any atom is -0.341 e. The number of thiophene rings is 1. The van der Waals surface area contributed by atoms with Gasteiger partial charge in [-0.25, -0.2) is 0 Å². The topological polar surface area (TPSA) is 34.0 Å². The quantitative estimate of drug-likeness (QED) is 0.317. The van der Waals surface area contributed by atoms with Crippen molar-refractivity contribution >= 4 is 56.5 Å². The van der Waals surface area contributed by atoms with Gasteiger partial charge in [0.2, 0.25) is 0 Å². The Morgan fingerprint density at radius 2 is 1.77 bits per heavy atom. The molecule has 0 spiro atoms. The molecule has 0 saturated carbocycles. The summed E-state index contributed by atoms with van der Waals surface area (Å²) in [6.45, 7) is 3.08. The lowest BCUT2D eigenvalue weighted by molar-refractivity contribution is 0.103. The Bertz CT molecular complexity index is 1480. The number of amides is 1. The lowest BCUT2D eigenvalue weighted by atomic mass is 10.1. The van der Waals surface area contributed by atoms with E-state index in [9.17, 15) is 4.79 Å². The SMILES string of the molecule is CCn1c2ccccc2c2cc(NC(=O)c3cc4c(s3)-c3ccccc3SC4)ccc21. The van der Waals surface area contributed by atoms with E-state index in [-0.39, 0.29) is 5.91 Å². The lowest BCUT2D eigenvalue weighted by Crippen LogP contribution is -2.10. The Kier molecular flexibility index (Phi) is 4.40. The number of para-hydroxylation sites is 1. The van der Waals surface area contributed by atoms with Crippen LogP contribution in [0, 0.1) is 0 Å². The molecule has 5 heteroatoms. The highest BCUT2D eigenvalue weighted by Gasteiger charge is 2.22. The summed E-state index contributed by atoms with van der Waals surface area (Å²) in [7, 11) is 0. The summed E-state index contributed by atoms with van der Waals surface area (Å²) in [5, 5.41) is 5.52. The number of fused-ring (bicyclic) bond motifs is 6. The average Bonchev–Trinajstić information content (AvgIpc) is 3.38. The Hall–Kier alpha value is -3.02. The van der Waals surface area contributed by atoms with Crippen LogP contribution in [-0.4, -0.2) is 10.5 Å². The zero-order valence-electron chi connectivity index (χ0n) is 17.0. The molecule has 1 aliphatic rings. The van der Waals surface area contributed by atoms with Crippen LogP contribution < -0.4 is 5.32 Å². The summed E-state index contributed by atoms with van der Waals surface area (Å²) >= 11 is 3.43. The number of benzene rings is 3. The molecule has 0 atom stereocenters. The van der Waals surface area contributed by atoms with Crippen molar-refractivity contribution in [1.29, 1.82) is 0 Å². The van der Waals surface area contributed by atoms with Gasteiger partial charge in [-0.1, -0.05) is 36.4 Å². The molecule has 1 N–H and O–H groups in total. The Morgan fingerprint density at radius 1 is 0.968 bits per heavy atom. The number of aromatic nitrogens is 1. The fraction of sp³-hybridized carbons (Fsp3) is 0.115. The second-order valence-corrected chi connectivity index (χ2v) is 9.77. The van der Waals surface area contributed by atoms with Crippen LogP contribution in [0.15, 0.2) is 77.7 Å². The summed E-state index contributed by atoms with van der Waals surface area (Å²) in [5.74, 6) is 0.874. The minimum atomic E-state index is -0.0412. The summed E-state index contributed by atoms with van der Waals surface area (Å²) in [5.41, 5.74) is 5.75. The van der Waals surface area contributed by atoms with Crippen LogP contribution in [0.1, 0.15) is 22.2 Å². The molecule has 3 aromatic carbocycles. The number of thioether (sulfide) groups is 1. The second-order valence-electron chi connectivity index (χ2n) is 7.70. The van der Waals surface area contributed by atoms with Crippen LogP contribution >= 0.6 is 23.1 Å². The van der Waals surface area contributed by atoms with E-state index in [4.69, 9.17) is 0 Å². The predicted octanol–water partition coefficient (Wildman–Crippen LogP) is 7.40. The maximum atomic E-state index is 13.1. The third-order valence-corrected chi connectivity index (χ3v) is 8.23. The number of anilines is 1. The zero-order valence-corrected chi connectivity index (χ0v) is 18.6. The van der Waals surface area contributed by atoms with Crippen LogP contribution in [0.3, 0.4) is 0 Å². The van der Waals surface area contributed by atoms with Gasteiger partial charge in [-0.3, -0.25) is 4.79 Å². The molecule has 3 nitrogen and oxygen atoms in total. The maximum absolute atomic E-state index is 13.1. The van der Waals surface area contributed by atoms with Crippen molar-refractivity contribution in [2.45, 2.75) is 24.1 Å². The van der Waals surface area contributed by atoms with Crippen LogP contribution in [-0.2, 0) is 12.3 Å². The van der Waals surface area contributed by atoms with Gasteiger partial charge in [0.25, 0.3) is 5.91 Å². The van der Waals surface area contributed by atoms with Crippen LogP contribution in [0.4, 0.5) is 5.69 Å². The molecule has 31 heavy (non-hydrogen) atoms. The van der Waals surface area contributed by atoms with E-state index < -0.39 is 0 Å². The number of hydrogen-bond donors (Lipinski definition) is 1. The molecule has 152 valence electrons. The molecular formula is C26H20N2OS2. The number of nitrogens with zero attached hydrogens (tertiary/aromatic N) is 1. The molecule has 0 radical (unpaired) electrons. The summed E-state index contributed by atoms with van der Waals surface area (Å²) < 4.78 is 2.32. The lowest BCUT2D eigenvalue weighted by Gasteiger charge is -2.14. The fourth-order valence-corrected chi connectivity index (χ4v) is 6.79.